The van der Waals surface area contributed by atoms with E-state index in [1.165, 1.54) is 4.88 Å². The van der Waals surface area contributed by atoms with Crippen molar-refractivity contribution in [2.45, 2.75) is 46.6 Å². The first kappa shape index (κ1) is 20.0. The van der Waals surface area contributed by atoms with Crippen LogP contribution in [0.15, 0.2) is 23.0 Å². The Balaban J connectivity index is 1.38. The van der Waals surface area contributed by atoms with Crippen LogP contribution < -0.4 is 20.3 Å². The number of ether oxygens (including phenoxy) is 2. The van der Waals surface area contributed by atoms with Crippen molar-refractivity contribution < 1.29 is 14.3 Å². The van der Waals surface area contributed by atoms with E-state index in [1.807, 2.05) is 0 Å². The van der Waals surface area contributed by atoms with Crippen LogP contribution in [0.5, 0.6) is 11.5 Å². The number of aromatic nitrogens is 3. The van der Waals surface area contributed by atoms with Gasteiger partial charge in [0.1, 0.15) is 6.54 Å². The van der Waals surface area contributed by atoms with Gasteiger partial charge in [0.2, 0.25) is 12.7 Å². The molecule has 5 rings (SSSR count). The van der Waals surface area contributed by atoms with Crippen LogP contribution >= 0.6 is 11.3 Å². The molecule has 0 spiro atoms. The van der Waals surface area contributed by atoms with Crippen molar-refractivity contribution in [3.8, 4) is 11.5 Å². The molecule has 0 saturated carbocycles. The molecule has 0 bridgehead atoms. The van der Waals surface area contributed by atoms with E-state index >= 15 is 0 Å². The molecule has 1 atom stereocenters. The van der Waals surface area contributed by atoms with Gasteiger partial charge in [-0.2, -0.15) is 0 Å². The Hall–Kier alpha value is -2.94. The Kier molecular flexibility index (Phi) is 4.73. The molecule has 0 fully saturated rings. The van der Waals surface area contributed by atoms with Crippen molar-refractivity contribution >= 4 is 33.1 Å². The average Bonchev–Trinajstić information content (AvgIpc) is 3.32. The molecule has 1 aliphatic heterocycles. The molecule has 162 valence electrons. The number of hydrogen-bond acceptors (Lipinski definition) is 7. The predicted octanol–water partition coefficient (Wildman–Crippen LogP) is 3.37. The number of hydrogen-bond donors (Lipinski definition) is 1. The second-order valence-corrected chi connectivity index (χ2v) is 10.2. The van der Waals surface area contributed by atoms with Gasteiger partial charge in [-0.3, -0.25) is 9.59 Å². The van der Waals surface area contributed by atoms with Crippen molar-refractivity contribution in [3.05, 3.63) is 39.0 Å². The zero-order valence-corrected chi connectivity index (χ0v) is 18.5. The zero-order chi connectivity index (χ0) is 21.8. The Bertz CT molecular complexity index is 1240. The molecule has 0 radical (unpaired) electrons. The standard InChI is InChI=1S/C22H24N4O4S/c1-22(2,3)12-4-6-14-17(8-12)31-20-19(14)21(28)26(25-24-20)10-18(27)23-13-5-7-15-16(9-13)30-11-29-15/h5,7,9,12H,4,6,8,10-11H2,1-3H3,(H,23,27)/t12-/m1/s1. The van der Waals surface area contributed by atoms with E-state index in [1.54, 1.807) is 29.5 Å². The summed E-state index contributed by atoms with van der Waals surface area (Å²) in [5, 5.41) is 11.7. The number of carbonyl (C=O) groups excluding carboxylic acids is 1. The van der Waals surface area contributed by atoms with Gasteiger partial charge in [0.25, 0.3) is 5.56 Å². The normalized spacial score (nSPS) is 17.6. The van der Waals surface area contributed by atoms with Crippen LogP contribution in [0.25, 0.3) is 10.2 Å². The molecule has 3 heterocycles. The molecule has 8 nitrogen and oxygen atoms in total. The maximum absolute atomic E-state index is 13.1. The molecule has 1 N–H and O–H groups in total. The fourth-order valence-corrected chi connectivity index (χ4v) is 5.52. The lowest BCUT2D eigenvalue weighted by atomic mass is 9.72. The Morgan fingerprint density at radius 3 is 2.90 bits per heavy atom. The highest BCUT2D eigenvalue weighted by atomic mass is 32.1. The van der Waals surface area contributed by atoms with E-state index in [9.17, 15) is 9.59 Å². The number of rotatable bonds is 3. The van der Waals surface area contributed by atoms with Crippen LogP contribution in [0.2, 0.25) is 0 Å². The predicted molar refractivity (Wildman–Crippen MR) is 118 cm³/mol. The number of anilines is 1. The number of nitrogens with one attached hydrogen (secondary N) is 1. The van der Waals surface area contributed by atoms with E-state index in [0.29, 0.717) is 33.3 Å². The summed E-state index contributed by atoms with van der Waals surface area (Å²) < 4.78 is 11.8. The summed E-state index contributed by atoms with van der Waals surface area (Å²) in [5.74, 6) is 1.44. The molecular formula is C22H24N4O4S. The first-order valence-corrected chi connectivity index (χ1v) is 11.2. The summed E-state index contributed by atoms with van der Waals surface area (Å²) in [6.45, 7) is 6.76. The minimum Gasteiger partial charge on any atom is -0.454 e. The van der Waals surface area contributed by atoms with E-state index in [4.69, 9.17) is 9.47 Å². The van der Waals surface area contributed by atoms with Crippen molar-refractivity contribution in [1.82, 2.24) is 15.0 Å². The number of amides is 1. The summed E-state index contributed by atoms with van der Waals surface area (Å²) >= 11 is 1.56. The van der Waals surface area contributed by atoms with Gasteiger partial charge in [-0.1, -0.05) is 26.0 Å². The van der Waals surface area contributed by atoms with Gasteiger partial charge in [-0.25, -0.2) is 4.68 Å². The second kappa shape index (κ2) is 7.33. The number of aryl methyl sites for hydroxylation is 1. The second-order valence-electron chi connectivity index (χ2n) is 9.16. The molecule has 31 heavy (non-hydrogen) atoms. The largest absolute Gasteiger partial charge is 0.454 e. The lowest BCUT2D eigenvalue weighted by Crippen LogP contribution is -2.31. The SMILES string of the molecule is CC(C)(C)[C@@H]1CCc2c(sc3nnn(CC(=O)Nc4ccc5c(c4)OCO5)c(=O)c23)C1. The van der Waals surface area contributed by atoms with Crippen LogP contribution in [0.4, 0.5) is 5.69 Å². The highest BCUT2D eigenvalue weighted by Crippen LogP contribution is 2.41. The Morgan fingerprint density at radius 2 is 2.10 bits per heavy atom. The van der Waals surface area contributed by atoms with E-state index in [0.717, 1.165) is 29.5 Å². The van der Waals surface area contributed by atoms with Gasteiger partial charge < -0.3 is 14.8 Å². The molecule has 1 aliphatic carbocycles. The maximum Gasteiger partial charge on any atom is 0.279 e. The maximum atomic E-state index is 13.1. The van der Waals surface area contributed by atoms with E-state index in [2.05, 4.69) is 36.4 Å². The summed E-state index contributed by atoms with van der Waals surface area (Å²) in [4.78, 5) is 27.6. The molecular weight excluding hydrogens is 416 g/mol. The molecule has 0 unspecified atom stereocenters. The van der Waals surface area contributed by atoms with Crippen LogP contribution in [-0.2, 0) is 24.2 Å². The van der Waals surface area contributed by atoms with Crippen LogP contribution in [0.1, 0.15) is 37.6 Å². The Labute approximate surface area is 183 Å². The first-order chi connectivity index (χ1) is 14.8. The highest BCUT2D eigenvalue weighted by Gasteiger charge is 2.32. The van der Waals surface area contributed by atoms with Gasteiger partial charge in [-0.15, -0.1) is 16.4 Å². The van der Waals surface area contributed by atoms with Gasteiger partial charge in [0, 0.05) is 16.6 Å². The van der Waals surface area contributed by atoms with Gasteiger partial charge in [0.15, 0.2) is 16.3 Å². The van der Waals surface area contributed by atoms with Gasteiger partial charge >= 0.3 is 0 Å². The first-order valence-electron chi connectivity index (χ1n) is 10.4. The van der Waals surface area contributed by atoms with E-state index < -0.39 is 0 Å². The lowest BCUT2D eigenvalue weighted by Gasteiger charge is -2.33. The number of benzene rings is 1. The fraction of sp³-hybridized carbons (Fsp3) is 0.455. The zero-order valence-electron chi connectivity index (χ0n) is 17.7. The molecule has 2 aromatic heterocycles. The minimum atomic E-state index is -0.355. The third-order valence-electron chi connectivity index (χ3n) is 6.11. The number of thiophene rings is 1. The number of carbonyl (C=O) groups is 1. The van der Waals surface area contributed by atoms with Crippen molar-refractivity contribution in [1.29, 1.82) is 0 Å². The fourth-order valence-electron chi connectivity index (χ4n) is 4.28. The molecule has 0 saturated heterocycles. The quantitative estimate of drug-likeness (QED) is 0.671. The van der Waals surface area contributed by atoms with E-state index in [-0.39, 0.29) is 30.2 Å². The van der Waals surface area contributed by atoms with Crippen LogP contribution in [-0.4, -0.2) is 27.7 Å². The topological polar surface area (TPSA) is 95.3 Å². The summed E-state index contributed by atoms with van der Waals surface area (Å²) in [7, 11) is 0. The minimum absolute atomic E-state index is 0.166. The number of fused-ring (bicyclic) bond motifs is 4. The molecule has 2 aliphatic rings. The smallest absolute Gasteiger partial charge is 0.279 e. The molecule has 1 amide bonds. The third-order valence-corrected chi connectivity index (χ3v) is 7.25. The monoisotopic (exact) mass is 440 g/mol. The summed E-state index contributed by atoms with van der Waals surface area (Å²) in [6, 6.07) is 5.15. The Morgan fingerprint density at radius 1 is 1.29 bits per heavy atom. The molecule has 1 aromatic carbocycles. The molecule has 9 heteroatoms. The highest BCUT2D eigenvalue weighted by molar-refractivity contribution is 7.18. The van der Waals surface area contributed by atoms with Crippen LogP contribution in [0.3, 0.4) is 0 Å². The third kappa shape index (κ3) is 3.67. The number of nitrogens with zero attached hydrogens (tertiary/aromatic N) is 3. The van der Waals surface area contributed by atoms with Crippen molar-refractivity contribution in [2.75, 3.05) is 12.1 Å². The van der Waals surface area contributed by atoms with Crippen molar-refractivity contribution in [3.63, 3.8) is 0 Å². The van der Waals surface area contributed by atoms with Crippen molar-refractivity contribution in [2.24, 2.45) is 11.3 Å². The average molecular weight is 441 g/mol. The summed E-state index contributed by atoms with van der Waals surface area (Å²) in [5.41, 5.74) is 1.63. The van der Waals surface area contributed by atoms with Gasteiger partial charge in [-0.05, 0) is 48.3 Å². The summed E-state index contributed by atoms with van der Waals surface area (Å²) in [6.07, 6.45) is 2.88. The lowest BCUT2D eigenvalue weighted by molar-refractivity contribution is -0.117. The van der Waals surface area contributed by atoms with Crippen LogP contribution in [0, 0.1) is 11.3 Å². The molecule has 3 aromatic rings. The van der Waals surface area contributed by atoms with Gasteiger partial charge in [0.05, 0.1) is 5.39 Å².